The van der Waals surface area contributed by atoms with Gasteiger partial charge in [0.15, 0.2) is 0 Å². The summed E-state index contributed by atoms with van der Waals surface area (Å²) < 4.78 is 0. The molecule has 0 spiro atoms. The molecule has 0 aliphatic heterocycles. The summed E-state index contributed by atoms with van der Waals surface area (Å²) in [6.07, 6.45) is 0. The van der Waals surface area contributed by atoms with Crippen molar-refractivity contribution in [3.63, 3.8) is 0 Å². The second kappa shape index (κ2) is 11.5. The molecule has 0 aliphatic carbocycles. The Morgan fingerprint density at radius 3 is 1.18 bits per heavy atom. The van der Waals surface area contributed by atoms with E-state index < -0.39 is 7.12 Å². The van der Waals surface area contributed by atoms with Crippen LogP contribution in [-0.4, -0.2) is 17.2 Å². The van der Waals surface area contributed by atoms with E-state index in [0.29, 0.717) is 5.46 Å². The summed E-state index contributed by atoms with van der Waals surface area (Å²) in [5, 5.41) is 20.3. The number of hydrogen-bond acceptors (Lipinski definition) is 3. The maximum Gasteiger partial charge on any atom is 0.489 e. The van der Waals surface area contributed by atoms with Crippen LogP contribution in [0.5, 0.6) is 0 Å². The highest BCUT2D eigenvalue weighted by Crippen LogP contribution is 2.38. The third-order valence-electron chi connectivity index (χ3n) is 7.12. The van der Waals surface area contributed by atoms with Gasteiger partial charge in [0.1, 0.15) is 0 Å². The SMILES string of the molecule is OB(O)c1ccc(N(c2ccc(-c3ccccc3)cc2)c2ccc(-c3ccccc3)cc2)cc1-c1ccccc1. The van der Waals surface area contributed by atoms with Gasteiger partial charge in [0.25, 0.3) is 0 Å². The van der Waals surface area contributed by atoms with Gasteiger partial charge in [-0.3, -0.25) is 0 Å². The lowest BCUT2D eigenvalue weighted by Crippen LogP contribution is -2.31. The fraction of sp³-hybridized carbons (Fsp3) is 0. The Morgan fingerprint density at radius 2 is 0.750 bits per heavy atom. The minimum atomic E-state index is -1.58. The van der Waals surface area contributed by atoms with Crippen LogP contribution >= 0.6 is 0 Å². The smallest absolute Gasteiger partial charge is 0.423 e. The van der Waals surface area contributed by atoms with E-state index >= 15 is 0 Å². The van der Waals surface area contributed by atoms with Crippen LogP contribution in [0.1, 0.15) is 0 Å². The zero-order chi connectivity index (χ0) is 27.3. The highest BCUT2D eigenvalue weighted by atomic mass is 16.4. The molecule has 0 fully saturated rings. The number of rotatable bonds is 7. The standard InChI is InChI=1S/C36H28BNO2/c39-37(40)36-25-24-34(26-35(36)31-14-8-3-9-15-31)38(32-20-16-29(17-21-32)27-10-4-1-5-11-27)33-22-18-30(19-23-33)28-12-6-2-7-13-28/h1-26,39-40H. The van der Waals surface area contributed by atoms with Crippen molar-refractivity contribution in [2.24, 2.45) is 0 Å². The van der Waals surface area contributed by atoms with E-state index in [9.17, 15) is 10.0 Å². The molecule has 0 atom stereocenters. The lowest BCUT2D eigenvalue weighted by molar-refractivity contribution is 0.426. The highest BCUT2D eigenvalue weighted by Gasteiger charge is 2.20. The van der Waals surface area contributed by atoms with Gasteiger partial charge in [0.2, 0.25) is 0 Å². The molecule has 0 heterocycles. The summed E-state index contributed by atoms with van der Waals surface area (Å²) >= 11 is 0. The summed E-state index contributed by atoms with van der Waals surface area (Å²) in [6.45, 7) is 0. The molecule has 0 saturated carbocycles. The molecule has 6 rings (SSSR count). The van der Waals surface area contributed by atoms with Crippen LogP contribution in [0.2, 0.25) is 0 Å². The Morgan fingerprint density at radius 1 is 0.375 bits per heavy atom. The van der Waals surface area contributed by atoms with Crippen molar-refractivity contribution in [2.45, 2.75) is 0 Å². The molecule has 0 bridgehead atoms. The number of anilines is 3. The van der Waals surface area contributed by atoms with Crippen LogP contribution in [0.3, 0.4) is 0 Å². The van der Waals surface area contributed by atoms with Crippen LogP contribution in [0.4, 0.5) is 17.1 Å². The summed E-state index contributed by atoms with van der Waals surface area (Å²) in [5.74, 6) is 0. The second-order valence-electron chi connectivity index (χ2n) is 9.67. The molecule has 3 nitrogen and oxygen atoms in total. The van der Waals surface area contributed by atoms with Crippen molar-refractivity contribution < 1.29 is 10.0 Å². The van der Waals surface area contributed by atoms with Crippen LogP contribution in [0, 0.1) is 0 Å². The van der Waals surface area contributed by atoms with E-state index in [2.05, 4.69) is 77.7 Å². The molecule has 0 saturated heterocycles. The monoisotopic (exact) mass is 517 g/mol. The molecular formula is C36H28BNO2. The Bertz CT molecular complexity index is 1600. The minimum absolute atomic E-state index is 0.466. The zero-order valence-corrected chi connectivity index (χ0v) is 21.9. The Kier molecular flexibility index (Phi) is 7.27. The fourth-order valence-corrected chi connectivity index (χ4v) is 5.09. The fourth-order valence-electron chi connectivity index (χ4n) is 5.09. The predicted molar refractivity (Wildman–Crippen MR) is 167 cm³/mol. The van der Waals surface area contributed by atoms with Crippen molar-refractivity contribution in [3.05, 3.63) is 158 Å². The lowest BCUT2D eigenvalue weighted by Gasteiger charge is -2.27. The van der Waals surface area contributed by atoms with Gasteiger partial charge in [0.05, 0.1) is 0 Å². The molecule has 6 aromatic rings. The summed E-state index contributed by atoms with van der Waals surface area (Å²) in [4.78, 5) is 2.20. The molecule has 2 N–H and O–H groups in total. The molecule has 0 aromatic heterocycles. The van der Waals surface area contributed by atoms with E-state index in [1.54, 1.807) is 6.07 Å². The van der Waals surface area contributed by atoms with Crippen molar-refractivity contribution >= 4 is 29.6 Å². The van der Waals surface area contributed by atoms with Crippen LogP contribution < -0.4 is 10.4 Å². The zero-order valence-electron chi connectivity index (χ0n) is 21.9. The van der Waals surface area contributed by atoms with E-state index in [0.717, 1.165) is 39.3 Å². The first-order valence-electron chi connectivity index (χ1n) is 13.3. The van der Waals surface area contributed by atoms with Crippen LogP contribution in [0.25, 0.3) is 33.4 Å². The molecule has 0 radical (unpaired) electrons. The van der Waals surface area contributed by atoms with E-state index in [1.807, 2.05) is 78.9 Å². The first-order chi connectivity index (χ1) is 19.7. The maximum atomic E-state index is 10.1. The predicted octanol–water partition coefficient (Wildman–Crippen LogP) is 7.84. The van der Waals surface area contributed by atoms with E-state index in [1.165, 1.54) is 11.1 Å². The number of nitrogens with zero attached hydrogens (tertiary/aromatic N) is 1. The van der Waals surface area contributed by atoms with Crippen molar-refractivity contribution in [2.75, 3.05) is 4.90 Å². The van der Waals surface area contributed by atoms with Gasteiger partial charge >= 0.3 is 7.12 Å². The van der Waals surface area contributed by atoms with Crippen molar-refractivity contribution in [3.8, 4) is 33.4 Å². The Hall–Kier alpha value is -4.90. The second-order valence-corrected chi connectivity index (χ2v) is 9.67. The highest BCUT2D eigenvalue weighted by molar-refractivity contribution is 6.60. The summed E-state index contributed by atoms with van der Waals surface area (Å²) in [5.41, 5.74) is 9.72. The first kappa shape index (κ1) is 25.4. The topological polar surface area (TPSA) is 43.7 Å². The minimum Gasteiger partial charge on any atom is -0.423 e. The van der Waals surface area contributed by atoms with Crippen LogP contribution in [0.15, 0.2) is 158 Å². The van der Waals surface area contributed by atoms with Gasteiger partial charge in [-0.1, -0.05) is 121 Å². The molecule has 192 valence electrons. The summed E-state index contributed by atoms with van der Waals surface area (Å²) in [7, 11) is -1.58. The number of hydrogen-bond donors (Lipinski definition) is 2. The van der Waals surface area contributed by atoms with E-state index in [4.69, 9.17) is 0 Å². The quantitative estimate of drug-likeness (QED) is 0.212. The maximum absolute atomic E-state index is 10.1. The largest absolute Gasteiger partial charge is 0.489 e. The third kappa shape index (κ3) is 5.32. The van der Waals surface area contributed by atoms with Gasteiger partial charge in [0, 0.05) is 17.1 Å². The molecule has 6 aromatic carbocycles. The van der Waals surface area contributed by atoms with Crippen LogP contribution in [-0.2, 0) is 0 Å². The third-order valence-corrected chi connectivity index (χ3v) is 7.12. The normalized spacial score (nSPS) is 10.8. The average Bonchev–Trinajstić information content (AvgIpc) is 3.03. The Labute approximate surface area is 235 Å². The first-order valence-corrected chi connectivity index (χ1v) is 13.3. The molecule has 4 heteroatoms. The van der Waals surface area contributed by atoms with Crippen molar-refractivity contribution in [1.82, 2.24) is 0 Å². The molecule has 0 aliphatic rings. The lowest BCUT2D eigenvalue weighted by atomic mass is 9.75. The number of benzene rings is 6. The molecular weight excluding hydrogens is 489 g/mol. The Balaban J connectivity index is 1.47. The van der Waals surface area contributed by atoms with Gasteiger partial charge in [-0.2, -0.15) is 0 Å². The summed E-state index contributed by atoms with van der Waals surface area (Å²) in [6, 6.07) is 53.4. The molecule has 0 amide bonds. The van der Waals surface area contributed by atoms with Gasteiger partial charge < -0.3 is 14.9 Å². The average molecular weight is 517 g/mol. The van der Waals surface area contributed by atoms with Gasteiger partial charge in [-0.05, 0) is 75.2 Å². The molecule has 0 unspecified atom stereocenters. The van der Waals surface area contributed by atoms with Gasteiger partial charge in [-0.15, -0.1) is 0 Å². The van der Waals surface area contributed by atoms with Gasteiger partial charge in [-0.25, -0.2) is 0 Å². The molecule has 40 heavy (non-hydrogen) atoms. The van der Waals surface area contributed by atoms with E-state index in [-0.39, 0.29) is 0 Å². The van der Waals surface area contributed by atoms with Crippen molar-refractivity contribution in [1.29, 1.82) is 0 Å².